The first-order chi connectivity index (χ1) is 23.6. The maximum Gasteiger partial charge on any atom is 0.351 e. The van der Waals surface area contributed by atoms with E-state index in [0.29, 0.717) is 6.61 Å². The minimum atomic E-state index is -1.64. The number of unbranched alkanes of at least 4 members (excludes halogenated alkanes) is 13. The summed E-state index contributed by atoms with van der Waals surface area (Å²) in [5, 5.41) is 2.54. The molecule has 1 aromatic heterocycles. The Morgan fingerprint density at radius 3 is 2.10 bits per heavy atom. The molecule has 0 aromatic carbocycles. The van der Waals surface area contributed by atoms with E-state index in [1.165, 1.54) is 88.3 Å². The van der Waals surface area contributed by atoms with Crippen LogP contribution in [-0.2, 0) is 23.3 Å². The highest BCUT2D eigenvalue weighted by Crippen LogP contribution is 2.50. The van der Waals surface area contributed by atoms with Gasteiger partial charge in [-0.15, -0.1) is 0 Å². The summed E-state index contributed by atoms with van der Waals surface area (Å²) >= 11 is 0. The zero-order valence-electron chi connectivity index (χ0n) is 31.5. The molecule has 1 N–H and O–H groups in total. The highest BCUT2D eigenvalue weighted by Gasteiger charge is 2.48. The summed E-state index contributed by atoms with van der Waals surface area (Å²) in [6, 6.07) is 1.73. The number of ether oxygens (including phenoxy) is 2. The highest BCUT2D eigenvalue weighted by atomic mass is 31.2. The zero-order valence-corrected chi connectivity index (χ0v) is 31.4. The van der Waals surface area contributed by atoms with Crippen molar-refractivity contribution in [3.8, 4) is 0 Å². The second kappa shape index (κ2) is 24.3. The molecular weight excluding hydrogens is 629 g/mol. The molecule has 1 aromatic rings. The molecule has 274 valence electrons. The van der Waals surface area contributed by atoms with Crippen LogP contribution in [0.1, 0.15) is 146 Å². The van der Waals surface area contributed by atoms with Gasteiger partial charge in [-0.25, -0.2) is 16.0 Å². The van der Waals surface area contributed by atoms with Crippen molar-refractivity contribution in [1.82, 2.24) is 14.2 Å². The number of hydrogen-bond acceptors (Lipinski definition) is 8. The molecule has 1 saturated heterocycles. The van der Waals surface area contributed by atoms with E-state index < -0.39 is 38.8 Å². The van der Waals surface area contributed by atoms with Crippen LogP contribution in [0.15, 0.2) is 17.1 Å². The van der Waals surface area contributed by atoms with Gasteiger partial charge in [-0.1, -0.05) is 90.4 Å². The van der Waals surface area contributed by atoms with Crippen molar-refractivity contribution in [2.45, 2.75) is 175 Å². The number of nitrogens with zero attached hydrogens (tertiary/aromatic N) is 4. The summed E-state index contributed by atoms with van der Waals surface area (Å²) in [5.41, 5.74) is -0.604. The number of anilines is 1. The van der Waals surface area contributed by atoms with E-state index in [1.807, 2.05) is 0 Å². The van der Waals surface area contributed by atoms with Gasteiger partial charge in [0.15, 0.2) is 6.23 Å². The molecule has 2 rings (SSSR count). The maximum absolute atomic E-state index is 13.2. The molecule has 0 bridgehead atoms. The van der Waals surface area contributed by atoms with E-state index >= 15 is 0 Å². The van der Waals surface area contributed by atoms with Crippen molar-refractivity contribution >= 4 is 20.3 Å². The lowest BCUT2D eigenvalue weighted by Crippen LogP contribution is -2.41. The molecule has 2 heterocycles. The van der Waals surface area contributed by atoms with Crippen LogP contribution in [0.4, 0.5) is 5.82 Å². The van der Waals surface area contributed by atoms with Crippen molar-refractivity contribution in [3.05, 3.63) is 34.2 Å². The van der Waals surface area contributed by atoms with E-state index in [1.54, 1.807) is 6.07 Å². The first-order valence-corrected chi connectivity index (χ1v) is 19.4. The Labute approximate surface area is 293 Å². The molecule has 5 atom stereocenters. The quantitative estimate of drug-likeness (QED) is 0.0583. The summed E-state index contributed by atoms with van der Waals surface area (Å²) in [4.78, 5) is 32.2. The Hall–Kier alpha value is -1.93. The third-order valence-electron chi connectivity index (χ3n) is 8.37. The van der Waals surface area contributed by atoms with Gasteiger partial charge >= 0.3 is 5.69 Å². The Balaban J connectivity index is 2.08. The summed E-state index contributed by atoms with van der Waals surface area (Å²) in [5.74, 6) is -0.178. The molecule has 0 radical (unpaired) electrons. The Bertz CT molecular complexity index is 1140. The molecule has 1 aliphatic rings. The summed E-state index contributed by atoms with van der Waals surface area (Å²) in [6.07, 6.45) is 16.2. The van der Waals surface area contributed by atoms with Crippen molar-refractivity contribution in [3.63, 3.8) is 0 Å². The predicted molar refractivity (Wildman–Crippen MR) is 194 cm³/mol. The van der Waals surface area contributed by atoms with Crippen LogP contribution in [0, 0.1) is 6.57 Å². The molecule has 12 heteroatoms. The predicted octanol–water partition coefficient (Wildman–Crippen LogP) is 8.65. The molecule has 11 nitrogen and oxygen atoms in total. The van der Waals surface area contributed by atoms with Crippen LogP contribution in [0.3, 0.4) is 0 Å². The highest BCUT2D eigenvalue weighted by molar-refractivity contribution is 7.44. The van der Waals surface area contributed by atoms with Gasteiger partial charge in [0.05, 0.1) is 6.10 Å². The van der Waals surface area contributed by atoms with Crippen LogP contribution < -0.4 is 11.0 Å². The number of rotatable bonds is 26. The van der Waals surface area contributed by atoms with Crippen LogP contribution >= 0.6 is 8.53 Å². The van der Waals surface area contributed by atoms with Crippen molar-refractivity contribution in [2.24, 2.45) is 0 Å². The van der Waals surface area contributed by atoms with Gasteiger partial charge in [-0.3, -0.25) is 9.36 Å². The van der Waals surface area contributed by atoms with E-state index in [0.717, 1.165) is 19.3 Å². The molecule has 1 aliphatic heterocycles. The van der Waals surface area contributed by atoms with Gasteiger partial charge < -0.3 is 28.7 Å². The molecular formula is C36H64N5O6P. The number of amides is 1. The van der Waals surface area contributed by atoms with E-state index in [2.05, 4.69) is 54.4 Å². The SMILES string of the molecule is [2H]C[C@H]1O[C@@H](n2ccc(NC(C)=O)nc2=O)[C@H](OCCCCCCCCCCCCCCCC)[C@@H]1OP(OCC[N+]#[C-])N(C(C)C)C(C)C. The van der Waals surface area contributed by atoms with Crippen LogP contribution in [0.2, 0.25) is 0 Å². The third-order valence-corrected chi connectivity index (χ3v) is 10.5. The Morgan fingerprint density at radius 2 is 1.60 bits per heavy atom. The van der Waals surface area contributed by atoms with Crippen LogP contribution in [0.5, 0.6) is 0 Å². The summed E-state index contributed by atoms with van der Waals surface area (Å²) in [7, 11) is -1.64. The smallest absolute Gasteiger partial charge is 0.351 e. The van der Waals surface area contributed by atoms with E-state index in [9.17, 15) is 9.59 Å². The lowest BCUT2D eigenvalue weighted by atomic mass is 10.0. The second-order valence-electron chi connectivity index (χ2n) is 13.3. The molecule has 0 aliphatic carbocycles. The Morgan fingerprint density at radius 1 is 1.02 bits per heavy atom. The molecule has 1 unspecified atom stereocenters. The van der Waals surface area contributed by atoms with Gasteiger partial charge in [-0.2, -0.15) is 4.98 Å². The lowest BCUT2D eigenvalue weighted by Gasteiger charge is -2.37. The topological polar surface area (TPSA) is 109 Å². The summed E-state index contributed by atoms with van der Waals surface area (Å²) < 4.78 is 37.5. The van der Waals surface area contributed by atoms with E-state index in [-0.39, 0.29) is 43.9 Å². The fourth-order valence-corrected chi connectivity index (χ4v) is 7.76. The lowest BCUT2D eigenvalue weighted by molar-refractivity contribution is -0.114. The summed E-state index contributed by atoms with van der Waals surface area (Å²) in [6.45, 7) is 19.9. The van der Waals surface area contributed by atoms with E-state index in [4.69, 9.17) is 26.5 Å². The standard InChI is InChI=1S/C36H64N5O6P/c1-9-10-11-12-13-14-15-16-17-18-19-20-21-22-26-44-34-33(47-48(45-27-24-37-8)41(28(2)3)29(4)5)30(6)46-35(34)40-25-23-32(38-31(7)42)39-36(40)43/h23,25,28-30,33-35H,9-22,24,26-27H2,1-7H3,(H,38,39,42,43)/t30-,33-,34-,35-,48?/m1/s1/i6D. The normalized spacial score (nSPS) is 20.4. The number of carbonyl (C=O) groups excluding carboxylic acids is 1. The monoisotopic (exact) mass is 694 g/mol. The minimum absolute atomic E-state index is 0.0923. The fourth-order valence-electron chi connectivity index (χ4n) is 6.00. The van der Waals surface area contributed by atoms with Gasteiger partial charge in [0, 0.05) is 33.2 Å². The second-order valence-corrected chi connectivity index (χ2v) is 14.7. The van der Waals surface area contributed by atoms with Gasteiger partial charge in [0.1, 0.15) is 24.6 Å². The fraction of sp³-hybridized carbons (Fsp3) is 0.833. The first-order valence-electron chi connectivity index (χ1n) is 19.0. The molecule has 1 amide bonds. The largest absolute Gasteiger partial charge is 0.371 e. The Kier molecular flexibility index (Phi) is 20.5. The number of carbonyl (C=O) groups is 1. The first kappa shape index (κ1) is 40.5. The molecule has 0 saturated carbocycles. The van der Waals surface area contributed by atoms with Crippen molar-refractivity contribution < 1.29 is 24.7 Å². The maximum atomic E-state index is 13.2. The number of hydrogen-bond donors (Lipinski definition) is 1. The molecule has 1 fully saturated rings. The number of aromatic nitrogens is 2. The van der Waals surface area contributed by atoms with Crippen LogP contribution in [0.25, 0.3) is 4.85 Å². The third kappa shape index (κ3) is 15.3. The number of nitrogens with one attached hydrogen (secondary N) is 1. The van der Waals surface area contributed by atoms with Gasteiger partial charge in [0.25, 0.3) is 8.53 Å². The average molecular weight is 695 g/mol. The molecule has 48 heavy (non-hydrogen) atoms. The average Bonchev–Trinajstić information content (AvgIpc) is 3.38. The van der Waals surface area contributed by atoms with Crippen molar-refractivity contribution in [2.75, 3.05) is 25.1 Å². The zero-order chi connectivity index (χ0) is 36.0. The molecule has 0 spiro atoms. The minimum Gasteiger partial charge on any atom is -0.371 e. The van der Waals surface area contributed by atoms with Gasteiger partial charge in [-0.05, 0) is 47.1 Å². The van der Waals surface area contributed by atoms with Crippen LogP contribution in [-0.4, -0.2) is 70.3 Å². The van der Waals surface area contributed by atoms with Gasteiger partial charge in [0.2, 0.25) is 12.5 Å². The van der Waals surface area contributed by atoms with Crippen molar-refractivity contribution in [1.29, 1.82) is 0 Å².